The van der Waals surface area contributed by atoms with Gasteiger partial charge in [-0.3, -0.25) is 4.79 Å². The standard InChI is InChI=1S/C12H10BF4N3OS/c13-7-2-1-6(14)3-5(7)4-19-10(21)8-9(12(15,16)17)20-11(18)22-8/h1-3,8-9H,4H2,(H2,18,20)(H,19,21). The number of carbonyl (C=O) groups is 1. The molecular weight excluding hydrogens is 321 g/mol. The molecule has 1 amide bonds. The Morgan fingerprint density at radius 3 is 2.77 bits per heavy atom. The fourth-order valence-electron chi connectivity index (χ4n) is 1.88. The maximum Gasteiger partial charge on any atom is 0.412 e. The van der Waals surface area contributed by atoms with Gasteiger partial charge in [0.1, 0.15) is 18.9 Å². The second-order valence-corrected chi connectivity index (χ2v) is 5.72. The van der Waals surface area contributed by atoms with Gasteiger partial charge >= 0.3 is 6.18 Å². The van der Waals surface area contributed by atoms with Crippen LogP contribution in [0, 0.1) is 5.82 Å². The molecule has 2 atom stereocenters. The Bertz CT molecular complexity index is 623. The summed E-state index contributed by atoms with van der Waals surface area (Å²) in [7, 11) is 5.60. The summed E-state index contributed by atoms with van der Waals surface area (Å²) in [4.78, 5) is 15.2. The lowest BCUT2D eigenvalue weighted by atomic mass is 9.90. The van der Waals surface area contributed by atoms with Gasteiger partial charge in [-0.2, -0.15) is 13.2 Å². The minimum absolute atomic E-state index is 0.191. The molecule has 22 heavy (non-hydrogen) atoms. The van der Waals surface area contributed by atoms with E-state index in [1.807, 2.05) is 0 Å². The zero-order chi connectivity index (χ0) is 16.5. The van der Waals surface area contributed by atoms with Crippen LogP contribution in [0.25, 0.3) is 0 Å². The average Bonchev–Trinajstić information content (AvgIpc) is 2.82. The van der Waals surface area contributed by atoms with Gasteiger partial charge in [-0.1, -0.05) is 23.3 Å². The molecule has 2 unspecified atom stereocenters. The summed E-state index contributed by atoms with van der Waals surface area (Å²) in [5.41, 5.74) is 5.76. The van der Waals surface area contributed by atoms with Crippen LogP contribution in [-0.2, 0) is 11.3 Å². The largest absolute Gasteiger partial charge is 0.412 e. The van der Waals surface area contributed by atoms with Gasteiger partial charge in [0.15, 0.2) is 11.2 Å². The number of nitrogens with one attached hydrogen (secondary N) is 1. The molecule has 0 saturated carbocycles. The second-order valence-electron chi connectivity index (χ2n) is 4.55. The third-order valence-electron chi connectivity index (χ3n) is 2.95. The van der Waals surface area contributed by atoms with Gasteiger partial charge in [-0.15, -0.1) is 0 Å². The molecule has 116 valence electrons. The van der Waals surface area contributed by atoms with Gasteiger partial charge < -0.3 is 11.1 Å². The molecule has 4 nitrogen and oxygen atoms in total. The molecule has 1 aromatic carbocycles. The first-order valence-corrected chi connectivity index (χ1v) is 6.94. The normalized spacial score (nSPS) is 21.5. The minimum Gasteiger partial charge on any atom is -0.379 e. The van der Waals surface area contributed by atoms with Crippen molar-refractivity contribution in [1.29, 1.82) is 0 Å². The third kappa shape index (κ3) is 3.73. The molecule has 0 saturated heterocycles. The molecule has 0 spiro atoms. The number of carbonyl (C=O) groups excluding carboxylic acids is 1. The van der Waals surface area contributed by atoms with Crippen molar-refractivity contribution < 1.29 is 22.4 Å². The molecule has 10 heteroatoms. The third-order valence-corrected chi connectivity index (χ3v) is 4.03. The van der Waals surface area contributed by atoms with Crippen LogP contribution in [0.5, 0.6) is 0 Å². The van der Waals surface area contributed by atoms with Crippen LogP contribution in [0.15, 0.2) is 23.2 Å². The van der Waals surface area contributed by atoms with E-state index in [1.165, 1.54) is 6.07 Å². The Morgan fingerprint density at radius 1 is 1.45 bits per heavy atom. The van der Waals surface area contributed by atoms with Crippen LogP contribution < -0.4 is 16.5 Å². The van der Waals surface area contributed by atoms with Crippen molar-refractivity contribution in [2.24, 2.45) is 10.7 Å². The number of hydrogen-bond donors (Lipinski definition) is 2. The highest BCUT2D eigenvalue weighted by molar-refractivity contribution is 8.15. The highest BCUT2D eigenvalue weighted by Gasteiger charge is 2.51. The first kappa shape index (κ1) is 16.7. The van der Waals surface area contributed by atoms with Gasteiger partial charge in [0, 0.05) is 6.54 Å². The summed E-state index contributed by atoms with van der Waals surface area (Å²) in [6, 6.07) is 1.36. The molecule has 1 aliphatic rings. The average molecular weight is 331 g/mol. The molecule has 0 aliphatic carbocycles. The Hall–Kier alpha value is -1.71. The van der Waals surface area contributed by atoms with E-state index < -0.39 is 29.2 Å². The van der Waals surface area contributed by atoms with E-state index in [0.717, 1.165) is 12.1 Å². The van der Waals surface area contributed by atoms with Gasteiger partial charge in [0.2, 0.25) is 5.91 Å². The van der Waals surface area contributed by atoms with Crippen LogP contribution in [0.4, 0.5) is 17.6 Å². The number of hydrogen-bond acceptors (Lipinski definition) is 4. The number of rotatable bonds is 3. The van der Waals surface area contributed by atoms with Crippen molar-refractivity contribution in [2.45, 2.75) is 24.0 Å². The molecule has 2 rings (SSSR count). The summed E-state index contributed by atoms with van der Waals surface area (Å²) in [5.74, 6) is -1.45. The highest BCUT2D eigenvalue weighted by atomic mass is 32.2. The van der Waals surface area contributed by atoms with E-state index in [9.17, 15) is 22.4 Å². The lowest BCUT2D eigenvalue weighted by Gasteiger charge is -2.19. The first-order chi connectivity index (χ1) is 10.2. The summed E-state index contributed by atoms with van der Waals surface area (Å²) in [5, 5.41) is 0.493. The SMILES string of the molecule is [B]c1ccc(F)cc1CNC(=O)C1SC(N)=NC1C(F)(F)F. The minimum atomic E-state index is -4.67. The molecule has 0 aromatic heterocycles. The van der Waals surface area contributed by atoms with E-state index in [-0.39, 0.29) is 22.7 Å². The Morgan fingerprint density at radius 2 is 2.14 bits per heavy atom. The van der Waals surface area contributed by atoms with Crippen molar-refractivity contribution in [3.63, 3.8) is 0 Å². The smallest absolute Gasteiger partial charge is 0.379 e. The number of amidine groups is 1. The number of halogens is 4. The fraction of sp³-hybridized carbons (Fsp3) is 0.333. The van der Waals surface area contributed by atoms with E-state index in [4.69, 9.17) is 13.6 Å². The summed E-state index contributed by atoms with van der Waals surface area (Å²) in [6.45, 7) is -0.191. The van der Waals surface area contributed by atoms with Gasteiger partial charge in [0.05, 0.1) is 0 Å². The van der Waals surface area contributed by atoms with Crippen LogP contribution in [0.3, 0.4) is 0 Å². The number of benzene rings is 1. The molecule has 1 aromatic rings. The quantitative estimate of drug-likeness (QED) is 0.630. The van der Waals surface area contributed by atoms with Crippen LogP contribution in [-0.4, -0.2) is 36.4 Å². The Balaban J connectivity index is 2.05. The first-order valence-electron chi connectivity index (χ1n) is 6.06. The molecule has 3 N–H and O–H groups in total. The van der Waals surface area contributed by atoms with Crippen LogP contribution in [0.1, 0.15) is 5.56 Å². The number of amides is 1. The number of alkyl halides is 3. The maximum absolute atomic E-state index is 13.1. The monoisotopic (exact) mass is 331 g/mol. The van der Waals surface area contributed by atoms with Crippen molar-refractivity contribution in [3.05, 3.63) is 29.6 Å². The van der Waals surface area contributed by atoms with Crippen molar-refractivity contribution >= 4 is 36.1 Å². The van der Waals surface area contributed by atoms with Gasteiger partial charge in [-0.05, 0) is 17.7 Å². The second kappa shape index (κ2) is 6.19. The highest BCUT2D eigenvalue weighted by Crippen LogP contribution is 2.36. The fourth-order valence-corrected chi connectivity index (χ4v) is 2.85. The predicted octanol–water partition coefficient (Wildman–Crippen LogP) is 0.597. The van der Waals surface area contributed by atoms with Crippen molar-refractivity contribution in [2.75, 3.05) is 0 Å². The van der Waals surface area contributed by atoms with Crippen LogP contribution in [0.2, 0.25) is 0 Å². The van der Waals surface area contributed by atoms with Gasteiger partial charge in [-0.25, -0.2) is 9.38 Å². The van der Waals surface area contributed by atoms with Crippen molar-refractivity contribution in [1.82, 2.24) is 5.32 Å². The topological polar surface area (TPSA) is 67.5 Å². The number of thioether (sulfide) groups is 1. The summed E-state index contributed by atoms with van der Waals surface area (Å²) in [6.07, 6.45) is -4.67. The van der Waals surface area contributed by atoms with Gasteiger partial charge in [0.25, 0.3) is 0 Å². The molecule has 0 bridgehead atoms. The molecule has 2 radical (unpaired) electrons. The van der Waals surface area contributed by atoms with E-state index in [0.29, 0.717) is 11.8 Å². The summed E-state index contributed by atoms with van der Waals surface area (Å²) < 4.78 is 51.5. The predicted molar refractivity (Wildman–Crippen MR) is 76.5 cm³/mol. The zero-order valence-electron chi connectivity index (χ0n) is 11.0. The molecule has 1 heterocycles. The van der Waals surface area contributed by atoms with E-state index in [2.05, 4.69) is 10.3 Å². The summed E-state index contributed by atoms with van der Waals surface area (Å²) >= 11 is 0.541. The van der Waals surface area contributed by atoms with E-state index in [1.54, 1.807) is 0 Å². The van der Waals surface area contributed by atoms with Crippen LogP contribution >= 0.6 is 11.8 Å². The zero-order valence-corrected chi connectivity index (χ0v) is 11.8. The number of nitrogens with two attached hydrogens (primary N) is 1. The number of aliphatic imine (C=N–C) groups is 1. The Kier molecular flexibility index (Phi) is 4.69. The lowest BCUT2D eigenvalue weighted by Crippen LogP contribution is -2.44. The maximum atomic E-state index is 13.1. The Labute approximate surface area is 128 Å². The molecule has 0 fully saturated rings. The van der Waals surface area contributed by atoms with Crippen molar-refractivity contribution in [3.8, 4) is 0 Å². The van der Waals surface area contributed by atoms with E-state index >= 15 is 0 Å². The lowest BCUT2D eigenvalue weighted by molar-refractivity contribution is -0.151. The number of nitrogens with zero attached hydrogens (tertiary/aromatic N) is 1. The molecule has 1 aliphatic heterocycles. The molecular formula is C12H10BF4N3OS.